The number of nitrogens with zero attached hydrogens (tertiary/aromatic N) is 1. The van der Waals surface area contributed by atoms with E-state index in [1.54, 1.807) is 12.1 Å². The van der Waals surface area contributed by atoms with Gasteiger partial charge in [-0.2, -0.15) is 0 Å². The number of ether oxygens (including phenoxy) is 1. The standard InChI is InChI=1S/C15H16N2O2S/c1-9-6-13(14(15(16)20)10(2)17-9)19-12-5-3-4-11(7-12)8-18/h3-7,18H,8H2,1-2H3,(H2,16,20). The Balaban J connectivity index is 2.44. The molecule has 0 atom stereocenters. The van der Waals surface area contributed by atoms with Gasteiger partial charge in [-0.05, 0) is 31.5 Å². The van der Waals surface area contributed by atoms with Gasteiger partial charge in [-0.15, -0.1) is 0 Å². The van der Waals surface area contributed by atoms with Crippen molar-refractivity contribution >= 4 is 17.2 Å². The van der Waals surface area contributed by atoms with E-state index in [0.29, 0.717) is 17.1 Å². The first-order chi connectivity index (χ1) is 9.51. The van der Waals surface area contributed by atoms with E-state index in [-0.39, 0.29) is 11.6 Å². The normalized spacial score (nSPS) is 10.3. The molecular formula is C15H16N2O2S. The van der Waals surface area contributed by atoms with Gasteiger partial charge in [0, 0.05) is 11.8 Å². The van der Waals surface area contributed by atoms with Gasteiger partial charge in [-0.1, -0.05) is 24.4 Å². The lowest BCUT2D eigenvalue weighted by molar-refractivity contribution is 0.281. The molecule has 0 radical (unpaired) electrons. The molecule has 0 bridgehead atoms. The summed E-state index contributed by atoms with van der Waals surface area (Å²) in [6, 6.07) is 9.03. The van der Waals surface area contributed by atoms with Crippen molar-refractivity contribution in [3.8, 4) is 11.5 Å². The minimum absolute atomic E-state index is 0.0340. The van der Waals surface area contributed by atoms with Gasteiger partial charge in [0.25, 0.3) is 0 Å². The van der Waals surface area contributed by atoms with E-state index in [1.165, 1.54) is 0 Å². The summed E-state index contributed by atoms with van der Waals surface area (Å²) in [5.74, 6) is 1.21. The molecule has 1 aromatic heterocycles. The number of pyridine rings is 1. The second-order valence-corrected chi connectivity index (χ2v) is 4.93. The average molecular weight is 288 g/mol. The fraction of sp³-hybridized carbons (Fsp3) is 0.200. The summed E-state index contributed by atoms with van der Waals surface area (Å²) in [5.41, 5.74) is 8.74. The van der Waals surface area contributed by atoms with Crippen LogP contribution >= 0.6 is 12.2 Å². The fourth-order valence-electron chi connectivity index (χ4n) is 2.01. The van der Waals surface area contributed by atoms with E-state index < -0.39 is 0 Å². The number of aromatic nitrogens is 1. The number of hydrogen-bond acceptors (Lipinski definition) is 4. The SMILES string of the molecule is Cc1cc(Oc2cccc(CO)c2)c(C(N)=S)c(C)n1. The van der Waals surface area contributed by atoms with Crippen LogP contribution in [0.15, 0.2) is 30.3 Å². The molecule has 0 spiro atoms. The first-order valence-electron chi connectivity index (χ1n) is 6.17. The van der Waals surface area contributed by atoms with Crippen LogP contribution in [-0.4, -0.2) is 15.1 Å². The Labute approximate surface area is 123 Å². The Morgan fingerprint density at radius 2 is 2.10 bits per heavy atom. The second kappa shape index (κ2) is 5.98. The number of aryl methyl sites for hydroxylation is 2. The number of aliphatic hydroxyl groups is 1. The summed E-state index contributed by atoms with van der Waals surface area (Å²) in [7, 11) is 0. The van der Waals surface area contributed by atoms with Gasteiger partial charge in [0.1, 0.15) is 16.5 Å². The minimum Gasteiger partial charge on any atom is -0.456 e. The molecule has 0 aliphatic rings. The predicted molar refractivity (Wildman–Crippen MR) is 82.0 cm³/mol. The third kappa shape index (κ3) is 3.12. The molecule has 0 saturated heterocycles. The maximum atomic E-state index is 9.15. The molecule has 104 valence electrons. The quantitative estimate of drug-likeness (QED) is 0.846. The number of hydrogen-bond donors (Lipinski definition) is 2. The highest BCUT2D eigenvalue weighted by Gasteiger charge is 2.13. The number of thiocarbonyl (C=S) groups is 1. The third-order valence-electron chi connectivity index (χ3n) is 2.85. The Bertz CT molecular complexity index is 656. The van der Waals surface area contributed by atoms with Crippen molar-refractivity contribution in [1.82, 2.24) is 4.98 Å². The number of aliphatic hydroxyl groups excluding tert-OH is 1. The average Bonchev–Trinajstić information content (AvgIpc) is 2.37. The lowest BCUT2D eigenvalue weighted by Crippen LogP contribution is -2.14. The second-order valence-electron chi connectivity index (χ2n) is 4.49. The molecule has 0 unspecified atom stereocenters. The Morgan fingerprint density at radius 3 is 2.75 bits per heavy atom. The van der Waals surface area contributed by atoms with E-state index in [9.17, 15) is 0 Å². The van der Waals surface area contributed by atoms with Crippen LogP contribution in [0.25, 0.3) is 0 Å². The third-order valence-corrected chi connectivity index (χ3v) is 3.05. The summed E-state index contributed by atoms with van der Waals surface area (Å²) < 4.78 is 5.86. The van der Waals surface area contributed by atoms with E-state index >= 15 is 0 Å². The minimum atomic E-state index is -0.0340. The topological polar surface area (TPSA) is 68.4 Å². The summed E-state index contributed by atoms with van der Waals surface area (Å²) in [6.07, 6.45) is 0. The number of benzene rings is 1. The van der Waals surface area contributed by atoms with Crippen LogP contribution in [-0.2, 0) is 6.61 Å². The molecule has 0 saturated carbocycles. The van der Waals surface area contributed by atoms with Gasteiger partial charge in [-0.3, -0.25) is 4.98 Å². The molecule has 0 fully saturated rings. The van der Waals surface area contributed by atoms with Crippen molar-refractivity contribution in [3.05, 3.63) is 52.8 Å². The zero-order valence-electron chi connectivity index (χ0n) is 11.4. The maximum Gasteiger partial charge on any atom is 0.141 e. The number of nitrogens with two attached hydrogens (primary N) is 1. The summed E-state index contributed by atoms with van der Waals surface area (Å²) in [4.78, 5) is 4.60. The van der Waals surface area contributed by atoms with Crippen LogP contribution in [0.5, 0.6) is 11.5 Å². The monoisotopic (exact) mass is 288 g/mol. The molecule has 0 aliphatic carbocycles. The maximum absolute atomic E-state index is 9.15. The summed E-state index contributed by atoms with van der Waals surface area (Å²) in [6.45, 7) is 3.69. The first kappa shape index (κ1) is 14.4. The summed E-state index contributed by atoms with van der Waals surface area (Å²) >= 11 is 5.06. The van der Waals surface area contributed by atoms with Gasteiger partial charge in [0.05, 0.1) is 17.9 Å². The van der Waals surface area contributed by atoms with Gasteiger partial charge < -0.3 is 15.6 Å². The largest absolute Gasteiger partial charge is 0.456 e. The molecule has 0 aliphatic heterocycles. The van der Waals surface area contributed by atoms with E-state index in [1.807, 2.05) is 32.0 Å². The molecule has 20 heavy (non-hydrogen) atoms. The van der Waals surface area contributed by atoms with Crippen molar-refractivity contribution in [1.29, 1.82) is 0 Å². The molecule has 5 heteroatoms. The molecule has 0 amide bonds. The van der Waals surface area contributed by atoms with Crippen molar-refractivity contribution in [3.63, 3.8) is 0 Å². The smallest absolute Gasteiger partial charge is 0.141 e. The lowest BCUT2D eigenvalue weighted by atomic mass is 10.1. The molecule has 3 N–H and O–H groups in total. The fourth-order valence-corrected chi connectivity index (χ4v) is 2.26. The lowest BCUT2D eigenvalue weighted by Gasteiger charge is -2.13. The van der Waals surface area contributed by atoms with E-state index in [4.69, 9.17) is 27.8 Å². The van der Waals surface area contributed by atoms with Gasteiger partial charge >= 0.3 is 0 Å². The Hall–Kier alpha value is -1.98. The van der Waals surface area contributed by atoms with Crippen LogP contribution in [0.2, 0.25) is 0 Å². The number of rotatable bonds is 4. The Morgan fingerprint density at radius 1 is 1.35 bits per heavy atom. The molecule has 2 rings (SSSR count). The van der Waals surface area contributed by atoms with E-state index in [0.717, 1.165) is 17.0 Å². The Kier molecular flexibility index (Phi) is 4.32. The van der Waals surface area contributed by atoms with Crippen LogP contribution in [0.4, 0.5) is 0 Å². The van der Waals surface area contributed by atoms with Crippen LogP contribution < -0.4 is 10.5 Å². The molecular weight excluding hydrogens is 272 g/mol. The molecule has 4 nitrogen and oxygen atoms in total. The van der Waals surface area contributed by atoms with E-state index in [2.05, 4.69) is 4.98 Å². The van der Waals surface area contributed by atoms with Crippen LogP contribution in [0.1, 0.15) is 22.5 Å². The van der Waals surface area contributed by atoms with Crippen molar-refractivity contribution in [2.24, 2.45) is 5.73 Å². The van der Waals surface area contributed by atoms with Crippen molar-refractivity contribution < 1.29 is 9.84 Å². The van der Waals surface area contributed by atoms with Gasteiger partial charge in [0.15, 0.2) is 0 Å². The highest BCUT2D eigenvalue weighted by atomic mass is 32.1. The molecule has 1 heterocycles. The van der Waals surface area contributed by atoms with Gasteiger partial charge in [-0.25, -0.2) is 0 Å². The van der Waals surface area contributed by atoms with Crippen LogP contribution in [0.3, 0.4) is 0 Å². The molecule has 2 aromatic rings. The van der Waals surface area contributed by atoms with Crippen molar-refractivity contribution in [2.75, 3.05) is 0 Å². The van der Waals surface area contributed by atoms with Crippen LogP contribution in [0, 0.1) is 13.8 Å². The highest BCUT2D eigenvalue weighted by Crippen LogP contribution is 2.28. The zero-order valence-corrected chi connectivity index (χ0v) is 12.2. The highest BCUT2D eigenvalue weighted by molar-refractivity contribution is 7.80. The van der Waals surface area contributed by atoms with Gasteiger partial charge in [0.2, 0.25) is 0 Å². The predicted octanol–water partition coefficient (Wildman–Crippen LogP) is 2.62. The first-order valence-corrected chi connectivity index (χ1v) is 6.58. The van der Waals surface area contributed by atoms with Crippen molar-refractivity contribution in [2.45, 2.75) is 20.5 Å². The summed E-state index contributed by atoms with van der Waals surface area (Å²) in [5, 5.41) is 9.15. The molecule has 1 aromatic carbocycles. The zero-order chi connectivity index (χ0) is 14.7.